The minimum Gasteiger partial charge on any atom is -0.463 e. The molecule has 2 heterocycles. The van der Waals surface area contributed by atoms with Crippen molar-refractivity contribution in [3.8, 4) is 0 Å². The van der Waals surface area contributed by atoms with Crippen molar-refractivity contribution >= 4 is 10.8 Å². The minimum atomic E-state index is 0.00895. The predicted molar refractivity (Wildman–Crippen MR) is 78.8 cm³/mol. The lowest BCUT2D eigenvalue weighted by Gasteiger charge is -2.05. The molecule has 4 nitrogen and oxygen atoms in total. The highest BCUT2D eigenvalue weighted by Gasteiger charge is 2.06. The number of nitrogens with one attached hydrogen (secondary N) is 1. The Morgan fingerprint density at radius 2 is 1.90 bits per heavy atom. The highest BCUT2D eigenvalue weighted by atomic mass is 16.3. The lowest BCUT2D eigenvalue weighted by Crippen LogP contribution is -2.19. The summed E-state index contributed by atoms with van der Waals surface area (Å²) in [6.45, 7) is 1.14. The molecule has 4 heteroatoms. The number of aromatic nitrogens is 1. The van der Waals surface area contributed by atoms with Gasteiger partial charge in [0.2, 0.25) is 0 Å². The van der Waals surface area contributed by atoms with Crippen LogP contribution in [-0.4, -0.2) is 11.6 Å². The zero-order valence-corrected chi connectivity index (χ0v) is 11.3. The van der Waals surface area contributed by atoms with Crippen LogP contribution in [0.4, 0.5) is 0 Å². The molecule has 0 aliphatic rings. The Morgan fingerprint density at radius 1 is 1.10 bits per heavy atom. The number of hydrogen-bond donors (Lipinski definition) is 1. The molecule has 0 aliphatic carbocycles. The van der Waals surface area contributed by atoms with Crippen LogP contribution in [0.2, 0.25) is 0 Å². The van der Waals surface area contributed by atoms with Gasteiger partial charge in [-0.25, -0.2) is 0 Å². The zero-order valence-electron chi connectivity index (χ0n) is 11.3. The number of benzene rings is 1. The molecule has 0 saturated carbocycles. The number of pyridine rings is 1. The summed E-state index contributed by atoms with van der Waals surface area (Å²) in [6, 6.07) is 13.4. The molecule has 0 atom stereocenters. The van der Waals surface area contributed by atoms with Gasteiger partial charge in [-0.15, -0.1) is 0 Å². The molecule has 3 rings (SSSR count). The average molecular weight is 268 g/mol. The summed E-state index contributed by atoms with van der Waals surface area (Å²) >= 11 is 0. The van der Waals surface area contributed by atoms with Crippen molar-refractivity contribution in [2.75, 3.05) is 7.05 Å². The topological polar surface area (TPSA) is 47.2 Å². The third kappa shape index (κ3) is 2.38. The summed E-state index contributed by atoms with van der Waals surface area (Å²) in [5, 5.41) is 4.73. The number of furan rings is 1. The normalized spacial score (nSPS) is 11.1. The van der Waals surface area contributed by atoms with E-state index in [2.05, 4.69) is 5.32 Å². The van der Waals surface area contributed by atoms with E-state index in [1.165, 1.54) is 0 Å². The van der Waals surface area contributed by atoms with Crippen LogP contribution >= 0.6 is 0 Å². The van der Waals surface area contributed by atoms with Crippen LogP contribution < -0.4 is 10.9 Å². The van der Waals surface area contributed by atoms with Crippen LogP contribution in [0.5, 0.6) is 0 Å². The van der Waals surface area contributed by atoms with Crippen LogP contribution in [0.25, 0.3) is 10.8 Å². The molecule has 3 aromatic rings. The molecule has 0 aliphatic heterocycles. The van der Waals surface area contributed by atoms with E-state index in [0.29, 0.717) is 13.1 Å². The lowest BCUT2D eigenvalue weighted by molar-refractivity contribution is 0.443. The standard InChI is InChI=1S/C16H16N2O2/c1-17-10-13-6-7-14(20-13)11-18-9-8-12-4-2-3-5-15(12)16(18)19/h2-9,17H,10-11H2,1H3. The number of hydrogen-bond acceptors (Lipinski definition) is 3. The number of nitrogens with zero attached hydrogens (tertiary/aromatic N) is 1. The van der Waals surface area contributed by atoms with E-state index in [0.717, 1.165) is 22.3 Å². The summed E-state index contributed by atoms with van der Waals surface area (Å²) in [4.78, 5) is 12.4. The Kier molecular flexibility index (Phi) is 3.39. The van der Waals surface area contributed by atoms with Crippen molar-refractivity contribution in [2.45, 2.75) is 13.1 Å². The van der Waals surface area contributed by atoms with E-state index >= 15 is 0 Å². The fourth-order valence-electron chi connectivity index (χ4n) is 2.30. The van der Waals surface area contributed by atoms with Gasteiger partial charge in [0.15, 0.2) is 0 Å². The quantitative estimate of drug-likeness (QED) is 0.790. The van der Waals surface area contributed by atoms with Gasteiger partial charge in [-0.05, 0) is 36.7 Å². The van der Waals surface area contributed by atoms with Crippen LogP contribution in [0.3, 0.4) is 0 Å². The Balaban J connectivity index is 1.94. The van der Waals surface area contributed by atoms with E-state index in [4.69, 9.17) is 4.42 Å². The third-order valence-corrected chi connectivity index (χ3v) is 3.28. The van der Waals surface area contributed by atoms with Crippen LogP contribution in [0.15, 0.2) is 57.9 Å². The Labute approximate surface area is 116 Å². The third-order valence-electron chi connectivity index (χ3n) is 3.28. The molecule has 20 heavy (non-hydrogen) atoms. The molecule has 0 fully saturated rings. The summed E-state index contributed by atoms with van der Waals surface area (Å²) in [7, 11) is 1.87. The predicted octanol–water partition coefficient (Wildman–Crippen LogP) is 2.36. The van der Waals surface area contributed by atoms with E-state index in [-0.39, 0.29) is 5.56 Å². The first-order valence-electron chi connectivity index (χ1n) is 6.58. The Bertz CT molecular complexity index is 786. The fraction of sp³-hybridized carbons (Fsp3) is 0.188. The maximum absolute atomic E-state index is 12.4. The lowest BCUT2D eigenvalue weighted by atomic mass is 10.2. The van der Waals surface area contributed by atoms with Crippen LogP contribution in [0.1, 0.15) is 11.5 Å². The van der Waals surface area contributed by atoms with E-state index in [9.17, 15) is 4.79 Å². The Morgan fingerprint density at radius 3 is 2.75 bits per heavy atom. The van der Waals surface area contributed by atoms with Gasteiger partial charge in [0, 0.05) is 11.6 Å². The molecular weight excluding hydrogens is 252 g/mol. The second kappa shape index (κ2) is 5.35. The minimum absolute atomic E-state index is 0.00895. The maximum atomic E-state index is 12.4. The van der Waals surface area contributed by atoms with Gasteiger partial charge in [-0.1, -0.05) is 18.2 Å². The SMILES string of the molecule is CNCc1ccc(Cn2ccc3ccccc3c2=O)o1. The Hall–Kier alpha value is -2.33. The molecule has 1 aromatic carbocycles. The first-order valence-corrected chi connectivity index (χ1v) is 6.58. The van der Waals surface area contributed by atoms with Crippen molar-refractivity contribution in [3.63, 3.8) is 0 Å². The zero-order chi connectivity index (χ0) is 13.9. The van der Waals surface area contributed by atoms with Crippen molar-refractivity contribution in [3.05, 3.63) is 70.5 Å². The smallest absolute Gasteiger partial charge is 0.258 e. The van der Waals surface area contributed by atoms with Crippen molar-refractivity contribution in [2.24, 2.45) is 0 Å². The first kappa shape index (κ1) is 12.7. The fourth-order valence-corrected chi connectivity index (χ4v) is 2.30. The van der Waals surface area contributed by atoms with Crippen molar-refractivity contribution in [1.29, 1.82) is 0 Å². The summed E-state index contributed by atoms with van der Waals surface area (Å²) in [5.41, 5.74) is 0.00895. The molecule has 0 saturated heterocycles. The summed E-state index contributed by atoms with van der Waals surface area (Å²) < 4.78 is 7.34. The molecule has 0 radical (unpaired) electrons. The van der Waals surface area contributed by atoms with Gasteiger partial charge in [-0.3, -0.25) is 4.79 Å². The molecular formula is C16H16N2O2. The van der Waals surface area contributed by atoms with Crippen molar-refractivity contribution < 1.29 is 4.42 Å². The molecule has 0 spiro atoms. The van der Waals surface area contributed by atoms with Crippen LogP contribution in [0, 0.1) is 0 Å². The van der Waals surface area contributed by atoms with Crippen LogP contribution in [-0.2, 0) is 13.1 Å². The highest BCUT2D eigenvalue weighted by molar-refractivity contribution is 5.81. The molecule has 0 bridgehead atoms. The molecule has 1 N–H and O–H groups in total. The molecule has 2 aromatic heterocycles. The van der Waals surface area contributed by atoms with E-state index in [1.54, 1.807) is 4.57 Å². The number of rotatable bonds is 4. The van der Waals surface area contributed by atoms with Gasteiger partial charge in [-0.2, -0.15) is 0 Å². The van der Waals surface area contributed by atoms with Gasteiger partial charge < -0.3 is 14.3 Å². The number of fused-ring (bicyclic) bond motifs is 1. The second-order valence-electron chi connectivity index (χ2n) is 4.73. The maximum Gasteiger partial charge on any atom is 0.258 e. The highest BCUT2D eigenvalue weighted by Crippen LogP contribution is 2.11. The average Bonchev–Trinajstić information content (AvgIpc) is 2.90. The largest absolute Gasteiger partial charge is 0.463 e. The molecule has 102 valence electrons. The molecule has 0 amide bonds. The monoisotopic (exact) mass is 268 g/mol. The molecule has 0 unspecified atom stereocenters. The second-order valence-corrected chi connectivity index (χ2v) is 4.73. The van der Waals surface area contributed by atoms with Gasteiger partial charge >= 0.3 is 0 Å². The summed E-state index contributed by atoms with van der Waals surface area (Å²) in [5.74, 6) is 1.66. The van der Waals surface area contributed by atoms with Gasteiger partial charge in [0.25, 0.3) is 5.56 Å². The summed E-state index contributed by atoms with van der Waals surface area (Å²) in [6.07, 6.45) is 1.81. The first-order chi connectivity index (χ1) is 9.78. The van der Waals surface area contributed by atoms with E-state index < -0.39 is 0 Å². The van der Waals surface area contributed by atoms with E-state index in [1.807, 2.05) is 55.7 Å². The van der Waals surface area contributed by atoms with Gasteiger partial charge in [0.05, 0.1) is 13.1 Å². The van der Waals surface area contributed by atoms with Gasteiger partial charge in [0.1, 0.15) is 11.5 Å². The van der Waals surface area contributed by atoms with Crippen molar-refractivity contribution in [1.82, 2.24) is 9.88 Å².